The second-order valence-corrected chi connectivity index (χ2v) is 4.26. The van der Waals surface area contributed by atoms with Crippen LogP contribution in [0, 0.1) is 18.3 Å². The van der Waals surface area contributed by atoms with Crippen molar-refractivity contribution in [2.75, 3.05) is 12.8 Å². The van der Waals surface area contributed by atoms with Crippen LogP contribution in [0.3, 0.4) is 0 Å². The first-order valence-electron chi connectivity index (χ1n) is 6.08. The van der Waals surface area contributed by atoms with E-state index < -0.39 is 5.97 Å². The van der Waals surface area contributed by atoms with E-state index in [9.17, 15) is 4.79 Å². The van der Waals surface area contributed by atoms with Crippen LogP contribution in [-0.4, -0.2) is 18.1 Å². The van der Waals surface area contributed by atoms with Gasteiger partial charge in [0.15, 0.2) is 0 Å². The minimum Gasteiger partial charge on any atom is -0.465 e. The molecule has 106 valence electrons. The highest BCUT2D eigenvalue weighted by atomic mass is 16.5. The van der Waals surface area contributed by atoms with E-state index in [0.29, 0.717) is 11.3 Å². The van der Waals surface area contributed by atoms with Crippen LogP contribution in [0.1, 0.15) is 21.5 Å². The molecule has 0 fully saturated rings. The molecule has 0 bridgehead atoms. The van der Waals surface area contributed by atoms with Gasteiger partial charge in [-0.15, -0.1) is 0 Å². The number of aryl methyl sites for hydroxylation is 1. The van der Waals surface area contributed by atoms with Gasteiger partial charge in [-0.3, -0.25) is 0 Å². The number of esters is 1. The van der Waals surface area contributed by atoms with Crippen molar-refractivity contribution in [2.45, 2.75) is 6.92 Å². The quantitative estimate of drug-likeness (QED) is 0.868. The Labute approximate surface area is 121 Å². The molecule has 2 aromatic rings. The van der Waals surface area contributed by atoms with Crippen LogP contribution < -0.4 is 10.5 Å². The van der Waals surface area contributed by atoms with Gasteiger partial charge in [0, 0.05) is 6.20 Å². The molecule has 0 saturated carbocycles. The molecule has 0 atom stereocenters. The number of aromatic nitrogens is 1. The number of hydrogen-bond donors (Lipinski definition) is 1. The number of nitriles is 1. The lowest BCUT2D eigenvalue weighted by molar-refractivity contribution is 0.0601. The Morgan fingerprint density at radius 1 is 1.38 bits per heavy atom. The van der Waals surface area contributed by atoms with Crippen LogP contribution in [0.2, 0.25) is 0 Å². The summed E-state index contributed by atoms with van der Waals surface area (Å²) in [6.07, 6.45) is 1.40. The largest absolute Gasteiger partial charge is 0.465 e. The normalized spacial score (nSPS) is 9.76. The molecule has 21 heavy (non-hydrogen) atoms. The highest BCUT2D eigenvalue weighted by molar-refractivity contribution is 5.96. The van der Waals surface area contributed by atoms with Crippen molar-refractivity contribution < 1.29 is 14.3 Å². The summed E-state index contributed by atoms with van der Waals surface area (Å²) in [5, 5.41) is 8.92. The van der Waals surface area contributed by atoms with E-state index in [2.05, 4.69) is 9.72 Å². The maximum Gasteiger partial charge on any atom is 0.340 e. The van der Waals surface area contributed by atoms with Gasteiger partial charge in [0.25, 0.3) is 0 Å². The summed E-state index contributed by atoms with van der Waals surface area (Å²) in [5.74, 6) is -0.0198. The molecule has 6 nitrogen and oxygen atoms in total. The third-order valence-electron chi connectivity index (χ3n) is 2.88. The van der Waals surface area contributed by atoms with Crippen molar-refractivity contribution in [3.8, 4) is 17.7 Å². The Bertz CT molecular complexity index is 735. The number of hydrogen-bond acceptors (Lipinski definition) is 6. The highest BCUT2D eigenvalue weighted by Gasteiger charge is 2.16. The second-order valence-electron chi connectivity index (χ2n) is 4.26. The van der Waals surface area contributed by atoms with Crippen LogP contribution in [0.15, 0.2) is 30.5 Å². The minimum atomic E-state index is -0.567. The molecular formula is C15H13N3O3. The first kappa shape index (κ1) is 14.3. The maximum atomic E-state index is 11.6. The first-order chi connectivity index (χ1) is 10.1. The zero-order valence-electron chi connectivity index (χ0n) is 11.6. The molecule has 0 unspecified atom stereocenters. The monoisotopic (exact) mass is 283 g/mol. The van der Waals surface area contributed by atoms with Crippen LogP contribution in [0.5, 0.6) is 11.6 Å². The summed E-state index contributed by atoms with van der Waals surface area (Å²) in [6.45, 7) is 1.83. The number of carbonyl (C=O) groups excluding carboxylic acids is 1. The lowest BCUT2D eigenvalue weighted by atomic mass is 10.1. The number of benzene rings is 1. The van der Waals surface area contributed by atoms with Gasteiger partial charge in [-0.25, -0.2) is 9.78 Å². The molecule has 0 saturated heterocycles. The molecule has 2 rings (SSSR count). The summed E-state index contributed by atoms with van der Waals surface area (Å²) in [7, 11) is 1.27. The lowest BCUT2D eigenvalue weighted by Crippen LogP contribution is -2.07. The Balaban J connectivity index is 2.41. The smallest absolute Gasteiger partial charge is 0.340 e. The fraction of sp³-hybridized carbons (Fsp3) is 0.133. The lowest BCUT2D eigenvalue weighted by Gasteiger charge is -2.11. The fourth-order valence-corrected chi connectivity index (χ4v) is 1.71. The highest BCUT2D eigenvalue weighted by Crippen LogP contribution is 2.30. The van der Waals surface area contributed by atoms with E-state index in [0.717, 1.165) is 5.56 Å². The average molecular weight is 283 g/mol. The van der Waals surface area contributed by atoms with E-state index in [-0.39, 0.29) is 17.1 Å². The number of pyridine rings is 1. The molecule has 0 radical (unpaired) electrons. The zero-order chi connectivity index (χ0) is 15.4. The van der Waals surface area contributed by atoms with Gasteiger partial charge in [-0.2, -0.15) is 5.26 Å². The molecule has 1 aromatic carbocycles. The number of carbonyl (C=O) groups is 1. The Morgan fingerprint density at radius 2 is 2.14 bits per heavy atom. The maximum absolute atomic E-state index is 11.6. The van der Waals surface area contributed by atoms with E-state index in [1.807, 2.05) is 13.0 Å². The summed E-state index contributed by atoms with van der Waals surface area (Å²) in [5.41, 5.74) is 7.42. The molecule has 2 N–H and O–H groups in total. The van der Waals surface area contributed by atoms with E-state index in [4.69, 9.17) is 15.7 Å². The second kappa shape index (κ2) is 5.92. The summed E-state index contributed by atoms with van der Waals surface area (Å²) in [4.78, 5) is 15.6. The van der Waals surface area contributed by atoms with Crippen molar-refractivity contribution in [3.05, 3.63) is 47.2 Å². The van der Waals surface area contributed by atoms with E-state index >= 15 is 0 Å². The van der Waals surface area contributed by atoms with Crippen LogP contribution >= 0.6 is 0 Å². The van der Waals surface area contributed by atoms with Crippen LogP contribution in [-0.2, 0) is 4.74 Å². The predicted molar refractivity (Wildman–Crippen MR) is 76.0 cm³/mol. The Morgan fingerprint density at radius 3 is 2.81 bits per heavy atom. The molecular weight excluding hydrogens is 270 g/mol. The van der Waals surface area contributed by atoms with Gasteiger partial charge >= 0.3 is 5.97 Å². The number of nitrogens with zero attached hydrogens (tertiary/aromatic N) is 2. The van der Waals surface area contributed by atoms with E-state index in [1.165, 1.54) is 19.4 Å². The van der Waals surface area contributed by atoms with Gasteiger partial charge < -0.3 is 15.2 Å². The summed E-state index contributed by atoms with van der Waals surface area (Å²) < 4.78 is 10.3. The van der Waals surface area contributed by atoms with Crippen molar-refractivity contribution >= 4 is 11.7 Å². The Kier molecular flexibility index (Phi) is 4.05. The minimum absolute atomic E-state index is 0.0890. The number of nitrogens with two attached hydrogens (primary N) is 1. The zero-order valence-corrected chi connectivity index (χ0v) is 11.6. The predicted octanol–water partition coefficient (Wildman–Crippen LogP) is 2.42. The summed E-state index contributed by atoms with van der Waals surface area (Å²) in [6, 6.07) is 8.51. The van der Waals surface area contributed by atoms with Crippen molar-refractivity contribution in [1.29, 1.82) is 5.26 Å². The number of ether oxygens (including phenoxy) is 2. The Hall–Kier alpha value is -3.07. The third kappa shape index (κ3) is 2.92. The van der Waals surface area contributed by atoms with Crippen LogP contribution in [0.4, 0.5) is 5.69 Å². The number of methoxy groups -OCH3 is 1. The molecule has 0 aliphatic carbocycles. The number of nitrogen functional groups attached to an aromatic ring is 1. The van der Waals surface area contributed by atoms with E-state index in [1.54, 1.807) is 18.2 Å². The van der Waals surface area contributed by atoms with Crippen LogP contribution in [0.25, 0.3) is 0 Å². The van der Waals surface area contributed by atoms with Gasteiger partial charge in [-0.1, -0.05) is 6.07 Å². The standard InChI is InChI=1S/C15H13N3O3/c1-9-3-4-10(8-16)7-12(9)21-14-13(17)11(5-6-18-14)15(19)20-2/h3-7H,17H2,1-2H3. The van der Waals surface area contributed by atoms with Crippen molar-refractivity contribution in [3.63, 3.8) is 0 Å². The van der Waals surface area contributed by atoms with Gasteiger partial charge in [0.2, 0.25) is 5.88 Å². The third-order valence-corrected chi connectivity index (χ3v) is 2.88. The first-order valence-corrected chi connectivity index (χ1v) is 6.08. The molecule has 1 heterocycles. The fourth-order valence-electron chi connectivity index (χ4n) is 1.71. The van der Waals surface area contributed by atoms with Gasteiger partial charge in [0.05, 0.1) is 24.3 Å². The molecule has 0 spiro atoms. The van der Waals surface area contributed by atoms with Crippen molar-refractivity contribution in [1.82, 2.24) is 4.98 Å². The molecule has 1 aromatic heterocycles. The summed E-state index contributed by atoms with van der Waals surface area (Å²) >= 11 is 0. The van der Waals surface area contributed by atoms with Gasteiger partial charge in [0.1, 0.15) is 11.4 Å². The van der Waals surface area contributed by atoms with Gasteiger partial charge in [-0.05, 0) is 30.7 Å². The van der Waals surface area contributed by atoms with Crippen molar-refractivity contribution in [2.24, 2.45) is 0 Å². The molecule has 0 aliphatic rings. The SMILES string of the molecule is COC(=O)c1ccnc(Oc2cc(C#N)ccc2C)c1N. The molecule has 0 amide bonds. The average Bonchev–Trinajstić information content (AvgIpc) is 2.50. The topological polar surface area (TPSA) is 98.2 Å². The molecule has 6 heteroatoms. The molecule has 0 aliphatic heterocycles. The number of anilines is 1. The number of rotatable bonds is 3.